The molecule has 0 saturated carbocycles. The molecule has 1 aromatic heterocycles. The van der Waals surface area contributed by atoms with Crippen molar-refractivity contribution in [3.8, 4) is 11.1 Å². The van der Waals surface area contributed by atoms with Gasteiger partial charge in [0.15, 0.2) is 0 Å². The van der Waals surface area contributed by atoms with E-state index < -0.39 is 11.7 Å². The summed E-state index contributed by atoms with van der Waals surface area (Å²) in [4.78, 5) is 15.4. The van der Waals surface area contributed by atoms with Crippen molar-refractivity contribution in [1.29, 1.82) is 0 Å². The number of rotatable bonds is 5. The minimum Gasteiger partial charge on any atom is -0.444 e. The zero-order chi connectivity index (χ0) is 23.8. The van der Waals surface area contributed by atoms with Crippen LogP contribution >= 0.6 is 34.8 Å². The summed E-state index contributed by atoms with van der Waals surface area (Å²) in [6.07, 6.45) is -0.444. The summed E-state index contributed by atoms with van der Waals surface area (Å²) in [6.45, 7) is 6.42. The van der Waals surface area contributed by atoms with Gasteiger partial charge in [-0.05, 0) is 62.7 Å². The predicted octanol–water partition coefficient (Wildman–Crippen LogP) is 7.88. The van der Waals surface area contributed by atoms with E-state index in [1.165, 1.54) is 0 Å². The van der Waals surface area contributed by atoms with Crippen LogP contribution in [0.5, 0.6) is 0 Å². The molecule has 0 aliphatic rings. The van der Waals surface area contributed by atoms with Gasteiger partial charge in [-0.15, -0.1) is 0 Å². The molecule has 4 aromatic rings. The molecular formula is C25H24Cl3N3O2. The van der Waals surface area contributed by atoms with Crippen molar-refractivity contribution in [3.05, 3.63) is 63.6 Å². The first-order valence-corrected chi connectivity index (χ1v) is 11.7. The largest absolute Gasteiger partial charge is 0.444 e. The van der Waals surface area contributed by atoms with Crippen LogP contribution in [0.1, 0.15) is 20.8 Å². The molecule has 0 aliphatic carbocycles. The van der Waals surface area contributed by atoms with Crippen LogP contribution in [0.25, 0.3) is 32.9 Å². The minimum atomic E-state index is -0.538. The number of benzene rings is 3. The summed E-state index contributed by atoms with van der Waals surface area (Å²) in [5.41, 5.74) is 4.27. The number of H-pyrrole nitrogens is 1. The Morgan fingerprint density at radius 3 is 2.24 bits per heavy atom. The lowest BCUT2D eigenvalue weighted by atomic mass is 10.0. The van der Waals surface area contributed by atoms with Gasteiger partial charge in [0.05, 0.1) is 10.0 Å². The Kier molecular flexibility index (Phi) is 6.66. The molecule has 0 radical (unpaired) electrons. The third kappa shape index (κ3) is 5.49. The van der Waals surface area contributed by atoms with Gasteiger partial charge in [-0.1, -0.05) is 46.9 Å². The average Bonchev–Trinajstić information content (AvgIpc) is 3.06. The number of amides is 1. The monoisotopic (exact) mass is 503 g/mol. The maximum Gasteiger partial charge on any atom is 0.407 e. The first-order chi connectivity index (χ1) is 15.6. The van der Waals surface area contributed by atoms with Crippen LogP contribution in [0.2, 0.25) is 15.1 Å². The normalized spacial score (nSPS) is 11.7. The number of halogens is 3. The second kappa shape index (κ2) is 9.34. The van der Waals surface area contributed by atoms with E-state index in [4.69, 9.17) is 39.5 Å². The predicted molar refractivity (Wildman–Crippen MR) is 139 cm³/mol. The van der Waals surface area contributed by atoms with Gasteiger partial charge in [0.1, 0.15) is 5.60 Å². The molecule has 1 heterocycles. The third-order valence-electron chi connectivity index (χ3n) is 5.04. The van der Waals surface area contributed by atoms with E-state index in [0.29, 0.717) is 28.2 Å². The molecule has 3 aromatic carbocycles. The molecule has 0 bridgehead atoms. The third-order valence-corrected chi connectivity index (χ3v) is 6.02. The van der Waals surface area contributed by atoms with Crippen molar-refractivity contribution in [2.75, 3.05) is 18.4 Å². The summed E-state index contributed by atoms with van der Waals surface area (Å²) < 4.78 is 5.29. The Bertz CT molecular complexity index is 1330. The number of hydrogen-bond donors (Lipinski definition) is 3. The van der Waals surface area contributed by atoms with Crippen LogP contribution < -0.4 is 10.6 Å². The second-order valence-electron chi connectivity index (χ2n) is 8.74. The molecular weight excluding hydrogens is 481 g/mol. The van der Waals surface area contributed by atoms with E-state index >= 15 is 0 Å². The molecule has 0 atom stereocenters. The van der Waals surface area contributed by atoms with E-state index in [-0.39, 0.29) is 0 Å². The van der Waals surface area contributed by atoms with Gasteiger partial charge in [0.25, 0.3) is 0 Å². The Morgan fingerprint density at radius 2 is 1.55 bits per heavy atom. The number of ether oxygens (including phenoxy) is 1. The molecule has 172 valence electrons. The summed E-state index contributed by atoms with van der Waals surface area (Å²) in [6, 6.07) is 15.5. The van der Waals surface area contributed by atoms with Gasteiger partial charge in [-0.2, -0.15) is 0 Å². The molecule has 8 heteroatoms. The number of alkyl carbamates (subject to hydrolysis) is 1. The lowest BCUT2D eigenvalue weighted by molar-refractivity contribution is 0.0530. The summed E-state index contributed by atoms with van der Waals surface area (Å²) >= 11 is 18.6. The van der Waals surface area contributed by atoms with E-state index in [2.05, 4.69) is 27.8 Å². The van der Waals surface area contributed by atoms with Crippen molar-refractivity contribution in [2.45, 2.75) is 26.4 Å². The highest BCUT2D eigenvalue weighted by Crippen LogP contribution is 2.38. The maximum absolute atomic E-state index is 11.9. The van der Waals surface area contributed by atoms with Gasteiger partial charge < -0.3 is 20.4 Å². The smallest absolute Gasteiger partial charge is 0.407 e. The fourth-order valence-electron chi connectivity index (χ4n) is 3.63. The number of hydrogen-bond acceptors (Lipinski definition) is 3. The van der Waals surface area contributed by atoms with Crippen LogP contribution in [-0.4, -0.2) is 29.8 Å². The summed E-state index contributed by atoms with van der Waals surface area (Å²) in [5.74, 6) is 0. The van der Waals surface area contributed by atoms with Crippen molar-refractivity contribution >= 4 is 68.4 Å². The molecule has 0 fully saturated rings. The van der Waals surface area contributed by atoms with E-state index in [0.717, 1.165) is 38.6 Å². The molecule has 33 heavy (non-hydrogen) atoms. The minimum absolute atomic E-state index is 0.405. The number of aromatic amines is 1. The summed E-state index contributed by atoms with van der Waals surface area (Å²) in [7, 11) is 0. The lowest BCUT2D eigenvalue weighted by Crippen LogP contribution is -2.35. The Balaban J connectivity index is 1.66. The number of nitrogens with one attached hydrogen (secondary N) is 3. The first-order valence-electron chi connectivity index (χ1n) is 10.5. The van der Waals surface area contributed by atoms with Gasteiger partial charge in [-0.3, -0.25) is 0 Å². The van der Waals surface area contributed by atoms with Gasteiger partial charge in [0, 0.05) is 51.2 Å². The Morgan fingerprint density at radius 1 is 0.909 bits per heavy atom. The second-order valence-corrected chi connectivity index (χ2v) is 9.99. The highest BCUT2D eigenvalue weighted by atomic mass is 35.5. The number of carbonyl (C=O) groups is 1. The zero-order valence-electron chi connectivity index (χ0n) is 18.5. The average molecular weight is 505 g/mol. The fraction of sp³-hybridized carbons (Fsp3) is 0.240. The fourth-order valence-corrected chi connectivity index (χ4v) is 4.09. The first kappa shape index (κ1) is 23.6. The topological polar surface area (TPSA) is 66.2 Å². The molecule has 0 saturated heterocycles. The van der Waals surface area contributed by atoms with Crippen molar-refractivity contribution in [2.24, 2.45) is 0 Å². The van der Waals surface area contributed by atoms with Crippen LogP contribution in [-0.2, 0) is 4.74 Å². The number of anilines is 1. The van der Waals surface area contributed by atoms with Crippen molar-refractivity contribution < 1.29 is 9.53 Å². The molecule has 0 aliphatic heterocycles. The number of fused-ring (bicyclic) bond motifs is 3. The quantitative estimate of drug-likeness (QED) is 0.242. The molecule has 3 N–H and O–H groups in total. The summed E-state index contributed by atoms with van der Waals surface area (Å²) in [5, 5.41) is 9.89. The van der Waals surface area contributed by atoms with Crippen LogP contribution in [0.4, 0.5) is 10.5 Å². The van der Waals surface area contributed by atoms with Gasteiger partial charge in [0.2, 0.25) is 0 Å². The van der Waals surface area contributed by atoms with Gasteiger partial charge in [-0.25, -0.2) is 4.79 Å². The van der Waals surface area contributed by atoms with E-state index in [1.54, 1.807) is 0 Å². The zero-order valence-corrected chi connectivity index (χ0v) is 20.8. The van der Waals surface area contributed by atoms with Crippen molar-refractivity contribution in [3.63, 3.8) is 0 Å². The molecule has 1 amide bonds. The van der Waals surface area contributed by atoms with E-state index in [1.807, 2.05) is 57.2 Å². The lowest BCUT2D eigenvalue weighted by Gasteiger charge is -2.20. The number of carbonyl (C=O) groups excluding carboxylic acids is 1. The van der Waals surface area contributed by atoms with Crippen LogP contribution in [0.3, 0.4) is 0 Å². The highest BCUT2D eigenvalue weighted by molar-refractivity contribution is 6.43. The van der Waals surface area contributed by atoms with Crippen LogP contribution in [0.15, 0.2) is 48.5 Å². The van der Waals surface area contributed by atoms with Crippen LogP contribution in [0, 0.1) is 0 Å². The maximum atomic E-state index is 11.9. The Labute approximate surface area is 207 Å². The standard InChI is InChI=1S/C25H24Cl3N3O2/c1-25(2,3)33-24(32)30-9-8-29-21-12-18-17-10-19(27)20(28)13-23(17)31-22(18)11-16(21)14-4-6-15(26)7-5-14/h4-7,10-13,29,31H,8-9H2,1-3H3,(H,30,32). The van der Waals surface area contributed by atoms with E-state index in [9.17, 15) is 4.79 Å². The Hall–Kier alpha value is -2.60. The van der Waals surface area contributed by atoms with Crippen molar-refractivity contribution in [1.82, 2.24) is 10.3 Å². The SMILES string of the molecule is CC(C)(C)OC(=O)NCCNc1cc2c(cc1-c1ccc(Cl)cc1)[nH]c1cc(Cl)c(Cl)cc12. The highest BCUT2D eigenvalue weighted by Gasteiger charge is 2.16. The molecule has 5 nitrogen and oxygen atoms in total. The van der Waals surface area contributed by atoms with Gasteiger partial charge >= 0.3 is 6.09 Å². The molecule has 0 unspecified atom stereocenters. The molecule has 4 rings (SSSR count). The molecule has 0 spiro atoms. The number of aromatic nitrogens is 1.